The molecule has 0 saturated carbocycles. The van der Waals surface area contributed by atoms with Crippen molar-refractivity contribution in [2.75, 3.05) is 26.8 Å². The van der Waals surface area contributed by atoms with Gasteiger partial charge < -0.3 is 14.8 Å². The van der Waals surface area contributed by atoms with Gasteiger partial charge in [-0.2, -0.15) is 4.31 Å². The van der Waals surface area contributed by atoms with Gasteiger partial charge in [0.15, 0.2) is 11.5 Å². The molecule has 2 aromatic carbocycles. The molecular weight excluding hydrogens is 452 g/mol. The van der Waals surface area contributed by atoms with Crippen LogP contribution in [-0.2, 0) is 16.6 Å². The van der Waals surface area contributed by atoms with Gasteiger partial charge in [0.1, 0.15) is 0 Å². The first-order valence-corrected chi connectivity index (χ1v) is 12.6. The number of hydrogen-bond acceptors (Lipinski definition) is 5. The molecule has 1 N–H and O–H groups in total. The minimum atomic E-state index is -3.68. The Labute approximate surface area is 194 Å². The zero-order chi connectivity index (χ0) is 23.1. The van der Waals surface area contributed by atoms with Gasteiger partial charge in [0.2, 0.25) is 10.0 Å². The van der Waals surface area contributed by atoms with E-state index >= 15 is 0 Å². The summed E-state index contributed by atoms with van der Waals surface area (Å²) < 4.78 is 38.5. The van der Waals surface area contributed by atoms with Crippen LogP contribution in [0.25, 0.3) is 0 Å². The lowest BCUT2D eigenvalue weighted by Gasteiger charge is -2.20. The first kappa shape index (κ1) is 24.4. The van der Waals surface area contributed by atoms with E-state index in [1.165, 1.54) is 22.5 Å². The average Bonchev–Trinajstić information content (AvgIpc) is 3.09. The molecule has 0 aromatic heterocycles. The maximum Gasteiger partial charge on any atom is 0.253 e. The van der Waals surface area contributed by atoms with E-state index < -0.39 is 15.9 Å². The molecule has 0 atom stereocenters. The number of carbonyl (C=O) groups is 1. The highest BCUT2D eigenvalue weighted by Crippen LogP contribution is 2.28. The molecule has 1 saturated heterocycles. The van der Waals surface area contributed by atoms with Crippen molar-refractivity contribution in [3.63, 3.8) is 0 Å². The molecule has 0 radical (unpaired) electrons. The number of benzene rings is 2. The van der Waals surface area contributed by atoms with Crippen molar-refractivity contribution in [3.8, 4) is 11.5 Å². The van der Waals surface area contributed by atoms with Crippen LogP contribution in [0.2, 0.25) is 5.02 Å². The van der Waals surface area contributed by atoms with Gasteiger partial charge in [-0.05, 0) is 55.7 Å². The summed E-state index contributed by atoms with van der Waals surface area (Å²) in [6, 6.07) is 9.67. The maximum absolute atomic E-state index is 13.1. The van der Waals surface area contributed by atoms with Crippen LogP contribution in [0.3, 0.4) is 0 Å². The van der Waals surface area contributed by atoms with Crippen LogP contribution >= 0.6 is 11.6 Å². The molecule has 0 unspecified atom stereocenters. The van der Waals surface area contributed by atoms with Crippen LogP contribution in [0.5, 0.6) is 11.5 Å². The van der Waals surface area contributed by atoms with Crippen molar-refractivity contribution < 1.29 is 22.7 Å². The number of hydrogen-bond donors (Lipinski definition) is 1. The highest BCUT2D eigenvalue weighted by molar-refractivity contribution is 7.89. The second-order valence-corrected chi connectivity index (χ2v) is 9.91. The fourth-order valence-electron chi connectivity index (χ4n) is 3.64. The van der Waals surface area contributed by atoms with Crippen molar-refractivity contribution in [1.82, 2.24) is 9.62 Å². The highest BCUT2D eigenvalue weighted by Gasteiger charge is 2.26. The molecule has 174 valence electrons. The zero-order valence-corrected chi connectivity index (χ0v) is 20.0. The molecule has 1 aliphatic heterocycles. The number of sulfonamides is 1. The molecular formula is C23H29ClN2O5S. The van der Waals surface area contributed by atoms with Crippen molar-refractivity contribution in [2.24, 2.45) is 0 Å². The van der Waals surface area contributed by atoms with E-state index in [0.29, 0.717) is 31.2 Å². The SMILES string of the molecule is CCOc1ccc(CNC(=O)c2cc(S(=O)(=O)N3CCCCCC3)ccc2Cl)cc1OC. The van der Waals surface area contributed by atoms with E-state index in [1.54, 1.807) is 19.2 Å². The maximum atomic E-state index is 13.1. The quantitative estimate of drug-likeness (QED) is 0.610. The number of methoxy groups -OCH3 is 1. The molecule has 7 nitrogen and oxygen atoms in total. The summed E-state index contributed by atoms with van der Waals surface area (Å²) in [4.78, 5) is 12.9. The van der Waals surface area contributed by atoms with Crippen LogP contribution in [-0.4, -0.2) is 45.4 Å². The van der Waals surface area contributed by atoms with E-state index in [9.17, 15) is 13.2 Å². The second kappa shape index (κ2) is 11.0. The molecule has 0 spiro atoms. The van der Waals surface area contributed by atoms with Crippen LogP contribution in [0, 0.1) is 0 Å². The number of amides is 1. The third-order valence-electron chi connectivity index (χ3n) is 5.37. The van der Waals surface area contributed by atoms with Gasteiger partial charge in [-0.25, -0.2) is 8.42 Å². The Morgan fingerprint density at radius 2 is 1.78 bits per heavy atom. The fraction of sp³-hybridized carbons (Fsp3) is 0.435. The van der Waals surface area contributed by atoms with Gasteiger partial charge in [-0.3, -0.25) is 4.79 Å². The predicted molar refractivity (Wildman–Crippen MR) is 124 cm³/mol. The molecule has 3 rings (SSSR count). The fourth-order valence-corrected chi connectivity index (χ4v) is 5.39. The van der Waals surface area contributed by atoms with Crippen LogP contribution in [0.4, 0.5) is 0 Å². The molecule has 0 bridgehead atoms. The Kier molecular flexibility index (Phi) is 8.39. The number of halogens is 1. The van der Waals surface area contributed by atoms with Gasteiger partial charge in [0.25, 0.3) is 5.91 Å². The molecule has 9 heteroatoms. The minimum absolute atomic E-state index is 0.0803. The highest BCUT2D eigenvalue weighted by atomic mass is 35.5. The van der Waals surface area contributed by atoms with Crippen molar-refractivity contribution >= 4 is 27.5 Å². The van der Waals surface area contributed by atoms with E-state index in [2.05, 4.69) is 5.32 Å². The largest absolute Gasteiger partial charge is 0.493 e. The summed E-state index contributed by atoms with van der Waals surface area (Å²) in [5, 5.41) is 2.99. The standard InChI is InChI=1S/C23H29ClN2O5S/c1-3-31-21-11-8-17(14-22(21)30-2)16-25-23(27)19-15-18(9-10-20(19)24)32(28,29)26-12-6-4-5-7-13-26/h8-11,14-15H,3-7,12-13,16H2,1-2H3,(H,25,27). The first-order valence-electron chi connectivity index (χ1n) is 10.7. The molecule has 1 fully saturated rings. The van der Waals surface area contributed by atoms with E-state index in [-0.39, 0.29) is 22.0 Å². The molecule has 1 heterocycles. The third kappa shape index (κ3) is 5.74. The summed E-state index contributed by atoms with van der Waals surface area (Å²) >= 11 is 6.23. The predicted octanol–water partition coefficient (Wildman–Crippen LogP) is 4.24. The van der Waals surface area contributed by atoms with Crippen LogP contribution in [0.15, 0.2) is 41.3 Å². The van der Waals surface area contributed by atoms with Gasteiger partial charge in [0.05, 0.1) is 29.2 Å². The minimum Gasteiger partial charge on any atom is -0.493 e. The number of nitrogens with one attached hydrogen (secondary N) is 1. The smallest absolute Gasteiger partial charge is 0.253 e. The number of carbonyl (C=O) groups excluding carboxylic acids is 1. The van der Waals surface area contributed by atoms with Gasteiger partial charge in [0, 0.05) is 19.6 Å². The summed E-state index contributed by atoms with van der Waals surface area (Å²) in [6.07, 6.45) is 3.73. The normalized spacial score (nSPS) is 15.1. The topological polar surface area (TPSA) is 84.9 Å². The molecule has 0 aliphatic carbocycles. The van der Waals surface area contributed by atoms with Crippen molar-refractivity contribution in [2.45, 2.75) is 44.0 Å². The Bertz CT molecular complexity index is 1050. The van der Waals surface area contributed by atoms with Crippen LogP contribution < -0.4 is 14.8 Å². The molecule has 2 aromatic rings. The van der Waals surface area contributed by atoms with Gasteiger partial charge in [-0.1, -0.05) is 30.5 Å². The molecule has 32 heavy (non-hydrogen) atoms. The van der Waals surface area contributed by atoms with E-state index in [0.717, 1.165) is 31.2 Å². The van der Waals surface area contributed by atoms with Crippen molar-refractivity contribution in [3.05, 3.63) is 52.5 Å². The summed E-state index contributed by atoms with van der Waals surface area (Å²) in [5.41, 5.74) is 0.934. The monoisotopic (exact) mass is 480 g/mol. The second-order valence-electron chi connectivity index (χ2n) is 7.56. The Morgan fingerprint density at radius 1 is 1.06 bits per heavy atom. The lowest BCUT2D eigenvalue weighted by atomic mass is 10.1. The molecule has 1 amide bonds. The van der Waals surface area contributed by atoms with E-state index in [1.807, 2.05) is 13.0 Å². The first-order chi connectivity index (χ1) is 15.4. The van der Waals surface area contributed by atoms with Gasteiger partial charge >= 0.3 is 0 Å². The summed E-state index contributed by atoms with van der Waals surface area (Å²) in [7, 11) is -2.13. The number of nitrogens with zero attached hydrogens (tertiary/aromatic N) is 1. The number of ether oxygens (including phenoxy) is 2. The lowest BCUT2D eigenvalue weighted by Crippen LogP contribution is -2.32. The summed E-state index contributed by atoms with van der Waals surface area (Å²) in [5.74, 6) is 0.748. The zero-order valence-electron chi connectivity index (χ0n) is 18.4. The van der Waals surface area contributed by atoms with Crippen molar-refractivity contribution in [1.29, 1.82) is 0 Å². The Balaban J connectivity index is 1.76. The summed E-state index contributed by atoms with van der Waals surface area (Å²) in [6.45, 7) is 3.61. The van der Waals surface area contributed by atoms with E-state index in [4.69, 9.17) is 21.1 Å². The van der Waals surface area contributed by atoms with Crippen LogP contribution in [0.1, 0.15) is 48.5 Å². The Morgan fingerprint density at radius 3 is 2.44 bits per heavy atom. The Hall–Kier alpha value is -2.29. The molecule has 1 aliphatic rings. The van der Waals surface area contributed by atoms with Gasteiger partial charge in [-0.15, -0.1) is 0 Å². The average molecular weight is 481 g/mol. The number of rotatable bonds is 8. The lowest BCUT2D eigenvalue weighted by molar-refractivity contribution is 0.0951. The third-order valence-corrected chi connectivity index (χ3v) is 7.59.